The Morgan fingerprint density at radius 1 is 1.50 bits per heavy atom. The highest BCUT2D eigenvalue weighted by atomic mass is 35.5. The second-order valence-electron chi connectivity index (χ2n) is 3.81. The summed E-state index contributed by atoms with van der Waals surface area (Å²) in [5, 5.41) is 12.1. The minimum Gasteiger partial charge on any atom is -0.478 e. The molecule has 0 bridgehead atoms. The number of carboxylic acids is 1. The number of anilines is 1. The second kappa shape index (κ2) is 7.89. The number of aromatic carboxylic acids is 1. The summed E-state index contributed by atoms with van der Waals surface area (Å²) in [6, 6.07) is 1.38. The van der Waals surface area contributed by atoms with Crippen LogP contribution >= 0.6 is 11.6 Å². The van der Waals surface area contributed by atoms with Crippen molar-refractivity contribution >= 4 is 23.4 Å². The molecule has 0 unspecified atom stereocenters. The van der Waals surface area contributed by atoms with Crippen LogP contribution in [-0.4, -0.2) is 36.3 Å². The predicted octanol–water partition coefficient (Wildman–Crippen LogP) is 2.66. The van der Waals surface area contributed by atoms with Crippen LogP contribution in [0.1, 0.15) is 29.6 Å². The highest BCUT2D eigenvalue weighted by Crippen LogP contribution is 2.23. The highest BCUT2D eigenvalue weighted by Gasteiger charge is 2.12. The molecule has 0 atom stereocenters. The third-order valence-electron chi connectivity index (χ3n) is 2.44. The van der Waals surface area contributed by atoms with Crippen molar-refractivity contribution in [2.24, 2.45) is 0 Å². The van der Waals surface area contributed by atoms with Crippen molar-refractivity contribution in [2.45, 2.75) is 19.3 Å². The van der Waals surface area contributed by atoms with Crippen LogP contribution in [-0.2, 0) is 4.74 Å². The standard InChI is InChI=1S/C12H17ClN2O3/c1-18-8-4-2-3-6-14-11-10(13)9(12(16)17)5-7-15-11/h5,7H,2-4,6,8H2,1H3,(H,14,15)(H,16,17). The number of nitrogens with zero attached hydrogens (tertiary/aromatic N) is 1. The van der Waals surface area contributed by atoms with Gasteiger partial charge in [-0.3, -0.25) is 0 Å². The lowest BCUT2D eigenvalue weighted by Crippen LogP contribution is -2.07. The van der Waals surface area contributed by atoms with Gasteiger partial charge in [0.15, 0.2) is 0 Å². The van der Waals surface area contributed by atoms with Gasteiger partial charge in [0.25, 0.3) is 0 Å². The molecular formula is C12H17ClN2O3. The van der Waals surface area contributed by atoms with Gasteiger partial charge in [-0.2, -0.15) is 0 Å². The minimum absolute atomic E-state index is 0.0635. The minimum atomic E-state index is -1.05. The van der Waals surface area contributed by atoms with Gasteiger partial charge >= 0.3 is 5.97 Å². The molecule has 1 heterocycles. The first kappa shape index (κ1) is 14.7. The summed E-state index contributed by atoms with van der Waals surface area (Å²) in [6.07, 6.45) is 4.44. The number of methoxy groups -OCH3 is 1. The SMILES string of the molecule is COCCCCCNc1nccc(C(=O)O)c1Cl. The molecule has 1 rings (SSSR count). The number of aromatic nitrogens is 1. The van der Waals surface area contributed by atoms with Crippen molar-refractivity contribution < 1.29 is 14.6 Å². The molecular weight excluding hydrogens is 256 g/mol. The highest BCUT2D eigenvalue weighted by molar-refractivity contribution is 6.35. The quantitative estimate of drug-likeness (QED) is 0.712. The Morgan fingerprint density at radius 3 is 2.94 bits per heavy atom. The smallest absolute Gasteiger partial charge is 0.337 e. The van der Waals surface area contributed by atoms with Crippen LogP contribution in [0.3, 0.4) is 0 Å². The van der Waals surface area contributed by atoms with Crippen molar-refractivity contribution in [3.63, 3.8) is 0 Å². The summed E-state index contributed by atoms with van der Waals surface area (Å²) in [5.74, 6) is -0.631. The average molecular weight is 273 g/mol. The van der Waals surface area contributed by atoms with Crippen LogP contribution in [0, 0.1) is 0 Å². The third kappa shape index (κ3) is 4.50. The van der Waals surface area contributed by atoms with Gasteiger partial charge in [0, 0.05) is 26.5 Å². The van der Waals surface area contributed by atoms with Gasteiger partial charge in [-0.25, -0.2) is 9.78 Å². The van der Waals surface area contributed by atoms with Crippen LogP contribution in [0.4, 0.5) is 5.82 Å². The number of nitrogens with one attached hydrogen (secondary N) is 1. The van der Waals surface area contributed by atoms with E-state index in [9.17, 15) is 4.79 Å². The number of hydrogen-bond donors (Lipinski definition) is 2. The van der Waals surface area contributed by atoms with Crippen molar-refractivity contribution in [1.29, 1.82) is 0 Å². The summed E-state index contributed by atoms with van der Waals surface area (Å²) in [7, 11) is 1.68. The molecule has 0 aliphatic rings. The predicted molar refractivity (Wildman–Crippen MR) is 70.4 cm³/mol. The largest absolute Gasteiger partial charge is 0.478 e. The van der Waals surface area contributed by atoms with Crippen molar-refractivity contribution in [2.75, 3.05) is 25.6 Å². The molecule has 0 fully saturated rings. The molecule has 5 nitrogen and oxygen atoms in total. The molecule has 0 amide bonds. The molecule has 0 aromatic carbocycles. The van der Waals surface area contributed by atoms with Crippen molar-refractivity contribution in [3.05, 3.63) is 22.8 Å². The topological polar surface area (TPSA) is 71.5 Å². The Kier molecular flexibility index (Phi) is 6.46. The van der Waals surface area contributed by atoms with E-state index >= 15 is 0 Å². The summed E-state index contributed by atoms with van der Waals surface area (Å²) < 4.78 is 4.95. The molecule has 1 aromatic heterocycles. The zero-order valence-corrected chi connectivity index (χ0v) is 11.0. The van der Waals surface area contributed by atoms with E-state index in [1.807, 2.05) is 0 Å². The lowest BCUT2D eigenvalue weighted by Gasteiger charge is -2.08. The Hall–Kier alpha value is -1.33. The maximum atomic E-state index is 10.9. The van der Waals surface area contributed by atoms with Crippen LogP contribution in [0.15, 0.2) is 12.3 Å². The summed E-state index contributed by atoms with van der Waals surface area (Å²) in [5.41, 5.74) is 0.0635. The molecule has 0 saturated carbocycles. The molecule has 2 N–H and O–H groups in total. The van der Waals surface area contributed by atoms with Crippen LogP contribution < -0.4 is 5.32 Å². The van der Waals surface area contributed by atoms with E-state index < -0.39 is 5.97 Å². The van der Waals surface area contributed by atoms with E-state index in [0.717, 1.165) is 25.9 Å². The van der Waals surface area contributed by atoms with Crippen molar-refractivity contribution in [3.8, 4) is 0 Å². The second-order valence-corrected chi connectivity index (χ2v) is 4.18. The number of carbonyl (C=O) groups is 1. The molecule has 100 valence electrons. The number of rotatable bonds is 8. The number of halogens is 1. The van der Waals surface area contributed by atoms with E-state index in [1.54, 1.807) is 7.11 Å². The van der Waals surface area contributed by atoms with Crippen LogP contribution in [0.2, 0.25) is 5.02 Å². The molecule has 0 spiro atoms. The fourth-order valence-corrected chi connectivity index (χ4v) is 1.75. The number of pyridine rings is 1. The summed E-state index contributed by atoms with van der Waals surface area (Å²) in [6.45, 7) is 1.47. The molecule has 18 heavy (non-hydrogen) atoms. The molecule has 0 aliphatic carbocycles. The van der Waals surface area contributed by atoms with Crippen LogP contribution in [0.25, 0.3) is 0 Å². The Bertz CT molecular complexity index is 399. The van der Waals surface area contributed by atoms with Crippen LogP contribution in [0.5, 0.6) is 0 Å². The number of unbranched alkanes of at least 4 members (excludes halogenated alkanes) is 2. The first-order valence-electron chi connectivity index (χ1n) is 5.77. The maximum Gasteiger partial charge on any atom is 0.337 e. The molecule has 0 radical (unpaired) electrons. The number of hydrogen-bond acceptors (Lipinski definition) is 4. The Balaban J connectivity index is 2.43. The fourth-order valence-electron chi connectivity index (χ4n) is 1.49. The average Bonchev–Trinajstić information content (AvgIpc) is 2.35. The van der Waals surface area contributed by atoms with E-state index in [4.69, 9.17) is 21.4 Å². The lowest BCUT2D eigenvalue weighted by atomic mass is 10.2. The molecule has 0 saturated heterocycles. The zero-order chi connectivity index (χ0) is 13.4. The van der Waals surface area contributed by atoms with E-state index in [2.05, 4.69) is 10.3 Å². The first-order chi connectivity index (χ1) is 8.66. The van der Waals surface area contributed by atoms with Gasteiger partial charge < -0.3 is 15.2 Å². The first-order valence-corrected chi connectivity index (χ1v) is 6.15. The molecule has 0 aliphatic heterocycles. The Morgan fingerprint density at radius 2 is 2.28 bits per heavy atom. The van der Waals surface area contributed by atoms with Gasteiger partial charge in [-0.05, 0) is 25.3 Å². The van der Waals surface area contributed by atoms with Gasteiger partial charge in [-0.1, -0.05) is 11.6 Å². The number of ether oxygens (including phenoxy) is 1. The third-order valence-corrected chi connectivity index (χ3v) is 2.82. The van der Waals surface area contributed by atoms with E-state index in [1.165, 1.54) is 12.3 Å². The van der Waals surface area contributed by atoms with Crippen molar-refractivity contribution in [1.82, 2.24) is 4.98 Å². The van der Waals surface area contributed by atoms with E-state index in [0.29, 0.717) is 12.4 Å². The maximum absolute atomic E-state index is 10.9. The summed E-state index contributed by atoms with van der Waals surface area (Å²) >= 11 is 5.94. The van der Waals surface area contributed by atoms with Gasteiger partial charge in [0.05, 0.1) is 10.6 Å². The van der Waals surface area contributed by atoms with Gasteiger partial charge in [0.2, 0.25) is 0 Å². The van der Waals surface area contributed by atoms with Gasteiger partial charge in [-0.15, -0.1) is 0 Å². The monoisotopic (exact) mass is 272 g/mol. The van der Waals surface area contributed by atoms with Gasteiger partial charge in [0.1, 0.15) is 5.82 Å². The lowest BCUT2D eigenvalue weighted by molar-refractivity contribution is 0.0697. The number of carboxylic acid groups (broad SMARTS) is 1. The van der Waals surface area contributed by atoms with E-state index in [-0.39, 0.29) is 10.6 Å². The normalized spacial score (nSPS) is 10.3. The zero-order valence-electron chi connectivity index (χ0n) is 10.3. The molecule has 6 heteroatoms. The molecule has 1 aromatic rings. The Labute approximate surface area is 111 Å². The fraction of sp³-hybridized carbons (Fsp3) is 0.500. The summed E-state index contributed by atoms with van der Waals surface area (Å²) in [4.78, 5) is 14.9.